The summed E-state index contributed by atoms with van der Waals surface area (Å²) in [5, 5.41) is 0. The monoisotopic (exact) mass is 395 g/mol. The van der Waals surface area contributed by atoms with Crippen molar-refractivity contribution in [1.82, 2.24) is 14.7 Å². The molecule has 0 aromatic rings. The molecule has 0 N–H and O–H groups in total. The first-order chi connectivity index (χ1) is 13.2. The number of carbonyl (C=O) groups is 2. The van der Waals surface area contributed by atoms with Crippen LogP contribution in [-0.2, 0) is 14.3 Å². The summed E-state index contributed by atoms with van der Waals surface area (Å²) < 4.78 is 10.7. The van der Waals surface area contributed by atoms with Gasteiger partial charge < -0.3 is 19.3 Å². The fourth-order valence-electron chi connectivity index (χ4n) is 5.16. The van der Waals surface area contributed by atoms with Crippen molar-refractivity contribution in [3.05, 3.63) is 0 Å². The molecule has 0 spiro atoms. The van der Waals surface area contributed by atoms with Crippen LogP contribution in [0.3, 0.4) is 0 Å². The third kappa shape index (κ3) is 4.79. The summed E-state index contributed by atoms with van der Waals surface area (Å²) >= 11 is 0. The van der Waals surface area contributed by atoms with Crippen LogP contribution in [0.15, 0.2) is 0 Å². The maximum absolute atomic E-state index is 12.2. The Balaban J connectivity index is 1.58. The first-order valence-corrected chi connectivity index (χ1v) is 10.6. The predicted molar refractivity (Wildman–Crippen MR) is 107 cm³/mol. The summed E-state index contributed by atoms with van der Waals surface area (Å²) in [6.07, 6.45) is 3.70. The van der Waals surface area contributed by atoms with Gasteiger partial charge in [0.1, 0.15) is 0 Å². The third-order valence-electron chi connectivity index (χ3n) is 6.39. The second-order valence-electron chi connectivity index (χ2n) is 9.82. The number of methoxy groups -OCH3 is 1. The quantitative estimate of drug-likeness (QED) is 0.734. The lowest BCUT2D eigenvalue weighted by Crippen LogP contribution is -2.63. The van der Waals surface area contributed by atoms with Crippen molar-refractivity contribution in [2.24, 2.45) is 5.41 Å². The van der Waals surface area contributed by atoms with Gasteiger partial charge in [0.05, 0.1) is 32.4 Å². The molecule has 160 valence electrons. The van der Waals surface area contributed by atoms with E-state index in [1.54, 1.807) is 6.92 Å². The average Bonchev–Trinajstić information content (AvgIpc) is 2.63. The topological polar surface area (TPSA) is 62.3 Å². The van der Waals surface area contributed by atoms with Crippen molar-refractivity contribution in [2.75, 3.05) is 40.0 Å². The summed E-state index contributed by atoms with van der Waals surface area (Å²) in [5.41, 5.74) is 0.112. The van der Waals surface area contributed by atoms with Gasteiger partial charge in [-0.05, 0) is 31.1 Å². The molecule has 3 aliphatic heterocycles. The Morgan fingerprint density at radius 3 is 2.11 bits per heavy atom. The molecule has 0 aliphatic carbocycles. The third-order valence-corrected chi connectivity index (χ3v) is 6.39. The molecule has 0 aromatic heterocycles. The van der Waals surface area contributed by atoms with Crippen molar-refractivity contribution >= 4 is 12.0 Å². The number of amides is 2. The van der Waals surface area contributed by atoms with Crippen LogP contribution in [0.5, 0.6) is 0 Å². The van der Waals surface area contributed by atoms with Gasteiger partial charge in [-0.15, -0.1) is 0 Å². The summed E-state index contributed by atoms with van der Waals surface area (Å²) in [6.45, 7) is 12.3. The SMILES string of the molecule is COC(=O)N1C2COCC1CC(N1CCC(N(CC(C)(C)C)C(C)=O)CC1)C2. The molecule has 2 amide bonds. The molecule has 28 heavy (non-hydrogen) atoms. The second-order valence-corrected chi connectivity index (χ2v) is 9.82. The minimum atomic E-state index is -0.227. The number of carbonyl (C=O) groups excluding carboxylic acids is 2. The Bertz CT molecular complexity index is 554. The minimum absolute atomic E-state index is 0.109. The van der Waals surface area contributed by atoms with E-state index in [1.807, 2.05) is 4.90 Å². The normalized spacial score (nSPS) is 29.5. The fraction of sp³-hybridized carbons (Fsp3) is 0.905. The van der Waals surface area contributed by atoms with Gasteiger partial charge in [0.25, 0.3) is 0 Å². The van der Waals surface area contributed by atoms with Crippen molar-refractivity contribution in [2.45, 2.75) is 77.5 Å². The highest BCUT2D eigenvalue weighted by Gasteiger charge is 2.44. The van der Waals surface area contributed by atoms with Gasteiger partial charge in [-0.25, -0.2) is 4.79 Å². The van der Waals surface area contributed by atoms with Crippen LogP contribution in [-0.4, -0.2) is 90.8 Å². The summed E-state index contributed by atoms with van der Waals surface area (Å²) in [6, 6.07) is 1.04. The average molecular weight is 396 g/mol. The molecule has 3 rings (SSSR count). The Morgan fingerprint density at radius 1 is 1.07 bits per heavy atom. The van der Waals surface area contributed by atoms with E-state index in [2.05, 4.69) is 30.6 Å². The maximum Gasteiger partial charge on any atom is 0.410 e. The minimum Gasteiger partial charge on any atom is -0.453 e. The van der Waals surface area contributed by atoms with Gasteiger partial charge >= 0.3 is 6.09 Å². The van der Waals surface area contributed by atoms with Crippen LogP contribution in [0.25, 0.3) is 0 Å². The second kappa shape index (κ2) is 8.57. The van der Waals surface area contributed by atoms with Crippen molar-refractivity contribution in [3.63, 3.8) is 0 Å². The first-order valence-electron chi connectivity index (χ1n) is 10.6. The molecule has 0 aromatic carbocycles. The van der Waals surface area contributed by atoms with E-state index in [-0.39, 0.29) is 29.5 Å². The molecule has 7 nitrogen and oxygen atoms in total. The first kappa shape index (κ1) is 21.4. The van der Waals surface area contributed by atoms with E-state index >= 15 is 0 Å². The Morgan fingerprint density at radius 2 is 1.64 bits per heavy atom. The van der Waals surface area contributed by atoms with Gasteiger partial charge in [-0.3, -0.25) is 9.69 Å². The largest absolute Gasteiger partial charge is 0.453 e. The Hall–Kier alpha value is -1.34. The van der Waals surface area contributed by atoms with Gasteiger partial charge in [-0.1, -0.05) is 20.8 Å². The number of fused-ring (bicyclic) bond motifs is 2. The fourth-order valence-corrected chi connectivity index (χ4v) is 5.16. The standard InChI is InChI=1S/C21H37N3O4/c1-15(25)23(14-21(2,3)4)16-6-8-22(9-7-16)17-10-18-12-28-13-19(11-17)24(18)20(26)27-5/h16-19H,6-14H2,1-5H3. The lowest BCUT2D eigenvalue weighted by molar-refractivity contribution is -0.134. The van der Waals surface area contributed by atoms with E-state index in [0.717, 1.165) is 45.3 Å². The van der Waals surface area contributed by atoms with Crippen LogP contribution in [0.2, 0.25) is 0 Å². The molecule has 3 saturated heterocycles. The molecule has 3 aliphatic rings. The van der Waals surface area contributed by atoms with Gasteiger partial charge in [0, 0.05) is 38.6 Å². The zero-order valence-electron chi connectivity index (χ0n) is 18.1. The smallest absolute Gasteiger partial charge is 0.410 e. The molecular weight excluding hydrogens is 358 g/mol. The van der Waals surface area contributed by atoms with E-state index in [1.165, 1.54) is 7.11 Å². The zero-order chi connectivity index (χ0) is 20.5. The van der Waals surface area contributed by atoms with Crippen LogP contribution in [0.4, 0.5) is 4.79 Å². The van der Waals surface area contributed by atoms with E-state index in [9.17, 15) is 9.59 Å². The zero-order valence-corrected chi connectivity index (χ0v) is 18.1. The molecule has 2 atom stereocenters. The van der Waals surface area contributed by atoms with Crippen LogP contribution in [0.1, 0.15) is 53.4 Å². The summed E-state index contributed by atoms with van der Waals surface area (Å²) in [7, 11) is 1.45. The highest BCUT2D eigenvalue weighted by atomic mass is 16.5. The number of nitrogens with zero attached hydrogens (tertiary/aromatic N) is 3. The number of hydrogen-bond donors (Lipinski definition) is 0. The Labute approximate surface area is 169 Å². The number of rotatable bonds is 3. The maximum atomic E-state index is 12.2. The van der Waals surface area contributed by atoms with Crippen molar-refractivity contribution in [3.8, 4) is 0 Å². The molecule has 3 fully saturated rings. The predicted octanol–water partition coefficient (Wildman–Crippen LogP) is 2.34. The molecule has 0 saturated carbocycles. The highest BCUT2D eigenvalue weighted by Crippen LogP contribution is 2.33. The highest BCUT2D eigenvalue weighted by molar-refractivity contribution is 5.73. The van der Waals surface area contributed by atoms with Crippen molar-refractivity contribution in [1.29, 1.82) is 0 Å². The van der Waals surface area contributed by atoms with E-state index < -0.39 is 0 Å². The molecule has 7 heteroatoms. The van der Waals surface area contributed by atoms with Gasteiger partial charge in [0.15, 0.2) is 0 Å². The number of ether oxygens (including phenoxy) is 2. The molecule has 3 heterocycles. The lowest BCUT2D eigenvalue weighted by Gasteiger charge is -2.51. The van der Waals surface area contributed by atoms with Gasteiger partial charge in [-0.2, -0.15) is 0 Å². The van der Waals surface area contributed by atoms with Crippen LogP contribution < -0.4 is 0 Å². The van der Waals surface area contributed by atoms with Crippen LogP contribution in [0, 0.1) is 5.41 Å². The van der Waals surface area contributed by atoms with E-state index in [0.29, 0.717) is 25.3 Å². The number of likely N-dealkylation sites (tertiary alicyclic amines) is 1. The molecule has 0 radical (unpaired) electrons. The van der Waals surface area contributed by atoms with Crippen LogP contribution >= 0.6 is 0 Å². The lowest BCUT2D eigenvalue weighted by atomic mass is 9.87. The van der Waals surface area contributed by atoms with Crippen molar-refractivity contribution < 1.29 is 19.1 Å². The summed E-state index contributed by atoms with van der Waals surface area (Å²) in [4.78, 5) is 30.9. The number of hydrogen-bond acceptors (Lipinski definition) is 5. The molecular formula is C21H37N3O4. The van der Waals surface area contributed by atoms with Gasteiger partial charge in [0.2, 0.25) is 5.91 Å². The number of morpholine rings is 1. The molecule has 2 unspecified atom stereocenters. The molecule has 2 bridgehead atoms. The van der Waals surface area contributed by atoms with E-state index in [4.69, 9.17) is 9.47 Å². The summed E-state index contributed by atoms with van der Waals surface area (Å²) in [5.74, 6) is 0.187. The number of piperidine rings is 2. The Kier molecular flexibility index (Phi) is 6.54.